The Morgan fingerprint density at radius 1 is 1.21 bits per heavy atom. The number of nitrogens with one attached hydrogen (secondary N) is 3. The highest BCUT2D eigenvalue weighted by Gasteiger charge is 2.32. The lowest BCUT2D eigenvalue weighted by molar-refractivity contribution is -0.140. The predicted octanol–water partition coefficient (Wildman–Crippen LogP) is 1.43. The smallest absolute Gasteiger partial charge is 0.408 e. The van der Waals surface area contributed by atoms with Gasteiger partial charge in [-0.3, -0.25) is 14.4 Å². The van der Waals surface area contributed by atoms with Crippen LogP contribution in [-0.4, -0.2) is 45.7 Å². The quantitative estimate of drug-likeness (QED) is 0.546. The number of ketones is 1. The number of Topliss-reactive ketones (excluding diaryl/α,β-unsaturated/α-hetero) is 1. The standard InChI is InChI=1S/C24H29N5O5/c1-15(2)20(29-24(33)34-13-16-7-4-3-5-8-16)22(31)28-18-10-6-9-17-11-25-14-27-19(17)12-26-23(32)21(18)30/h3-5,7-8,11,14-15,18,20H,6,9-10,12-13H2,1-2H3,(H,26,32)(H,28,31)(H,29,33). The topological polar surface area (TPSA) is 139 Å². The molecule has 1 aromatic heterocycles. The Bertz CT molecular complexity index is 1030. The molecule has 3 N–H and O–H groups in total. The van der Waals surface area contributed by atoms with Gasteiger partial charge in [0.25, 0.3) is 5.91 Å². The first-order valence-electron chi connectivity index (χ1n) is 11.2. The van der Waals surface area contributed by atoms with Gasteiger partial charge < -0.3 is 20.7 Å². The molecule has 0 saturated heterocycles. The second-order valence-electron chi connectivity index (χ2n) is 8.42. The molecule has 34 heavy (non-hydrogen) atoms. The van der Waals surface area contributed by atoms with E-state index in [1.165, 1.54) is 6.33 Å². The Morgan fingerprint density at radius 3 is 2.71 bits per heavy atom. The van der Waals surface area contributed by atoms with Gasteiger partial charge in [-0.15, -0.1) is 0 Å². The first kappa shape index (κ1) is 24.8. The van der Waals surface area contributed by atoms with Crippen LogP contribution in [0.15, 0.2) is 42.9 Å². The zero-order valence-electron chi connectivity index (χ0n) is 19.2. The Balaban J connectivity index is 1.62. The van der Waals surface area contributed by atoms with E-state index in [9.17, 15) is 19.2 Å². The predicted molar refractivity (Wildman–Crippen MR) is 122 cm³/mol. The molecule has 1 aromatic carbocycles. The fourth-order valence-electron chi connectivity index (χ4n) is 3.61. The van der Waals surface area contributed by atoms with E-state index in [0.717, 1.165) is 11.1 Å². The maximum atomic E-state index is 13.0. The van der Waals surface area contributed by atoms with Crippen LogP contribution in [0.2, 0.25) is 0 Å². The van der Waals surface area contributed by atoms with Crippen molar-refractivity contribution in [2.24, 2.45) is 5.92 Å². The summed E-state index contributed by atoms with van der Waals surface area (Å²) < 4.78 is 5.21. The summed E-state index contributed by atoms with van der Waals surface area (Å²) in [6.45, 7) is 3.69. The maximum Gasteiger partial charge on any atom is 0.408 e. The Kier molecular flexibility index (Phi) is 8.66. The van der Waals surface area contributed by atoms with Crippen molar-refractivity contribution in [3.8, 4) is 0 Å². The van der Waals surface area contributed by atoms with Crippen LogP contribution in [0.5, 0.6) is 0 Å². The Morgan fingerprint density at radius 2 is 1.97 bits per heavy atom. The molecular weight excluding hydrogens is 438 g/mol. The number of alkyl carbamates (subject to hydrolysis) is 1. The molecule has 1 aliphatic rings. The van der Waals surface area contributed by atoms with Gasteiger partial charge in [0.1, 0.15) is 19.0 Å². The number of benzene rings is 1. The SMILES string of the molecule is CC(C)C(NC(=O)OCc1ccccc1)C(=O)NC1CCCc2cncnc2CNC(=O)C1=O. The van der Waals surface area contributed by atoms with Gasteiger partial charge in [-0.25, -0.2) is 14.8 Å². The normalized spacial score (nSPS) is 17.2. The fraction of sp³-hybridized carbons (Fsp3) is 0.417. The summed E-state index contributed by atoms with van der Waals surface area (Å²) in [6, 6.07) is 7.21. The summed E-state index contributed by atoms with van der Waals surface area (Å²) in [5.74, 6) is -2.37. The number of fused-ring (bicyclic) bond motifs is 1. The average Bonchev–Trinajstić information content (AvgIpc) is 2.84. The van der Waals surface area contributed by atoms with Crippen molar-refractivity contribution >= 4 is 23.7 Å². The van der Waals surface area contributed by atoms with E-state index < -0.39 is 35.8 Å². The van der Waals surface area contributed by atoms with Crippen molar-refractivity contribution in [1.29, 1.82) is 0 Å². The van der Waals surface area contributed by atoms with Gasteiger partial charge in [0.2, 0.25) is 11.7 Å². The zero-order chi connectivity index (χ0) is 24.5. The first-order valence-corrected chi connectivity index (χ1v) is 11.2. The summed E-state index contributed by atoms with van der Waals surface area (Å²) in [7, 11) is 0. The van der Waals surface area contributed by atoms with E-state index in [2.05, 4.69) is 25.9 Å². The average molecular weight is 468 g/mol. The highest BCUT2D eigenvalue weighted by atomic mass is 16.5. The highest BCUT2D eigenvalue weighted by Crippen LogP contribution is 2.13. The molecule has 1 aliphatic heterocycles. The van der Waals surface area contributed by atoms with Crippen molar-refractivity contribution in [1.82, 2.24) is 25.9 Å². The van der Waals surface area contributed by atoms with Gasteiger partial charge in [-0.05, 0) is 36.3 Å². The Hall–Kier alpha value is -3.82. The monoisotopic (exact) mass is 467 g/mol. The number of aromatic nitrogens is 2. The lowest BCUT2D eigenvalue weighted by Gasteiger charge is -2.25. The van der Waals surface area contributed by atoms with E-state index in [0.29, 0.717) is 18.5 Å². The van der Waals surface area contributed by atoms with Crippen LogP contribution < -0.4 is 16.0 Å². The summed E-state index contributed by atoms with van der Waals surface area (Å²) in [6.07, 6.45) is 3.74. The third-order valence-electron chi connectivity index (χ3n) is 5.53. The van der Waals surface area contributed by atoms with E-state index in [4.69, 9.17) is 4.74 Å². The molecule has 0 fully saturated rings. The molecule has 2 atom stereocenters. The number of rotatable bonds is 6. The van der Waals surface area contributed by atoms with Crippen molar-refractivity contribution in [3.63, 3.8) is 0 Å². The molecule has 0 saturated carbocycles. The number of hydrogen-bond donors (Lipinski definition) is 3. The van der Waals surface area contributed by atoms with Crippen LogP contribution in [0.3, 0.4) is 0 Å². The minimum atomic E-state index is -1.01. The van der Waals surface area contributed by atoms with E-state index in [1.807, 2.05) is 30.3 Å². The van der Waals surface area contributed by atoms with Gasteiger partial charge in [0.15, 0.2) is 0 Å². The van der Waals surface area contributed by atoms with E-state index >= 15 is 0 Å². The van der Waals surface area contributed by atoms with Crippen molar-refractivity contribution in [2.75, 3.05) is 0 Å². The van der Waals surface area contributed by atoms with Crippen LogP contribution >= 0.6 is 0 Å². The molecule has 0 aliphatic carbocycles. The van der Waals surface area contributed by atoms with Crippen LogP contribution in [0, 0.1) is 5.92 Å². The van der Waals surface area contributed by atoms with Gasteiger partial charge >= 0.3 is 6.09 Å². The number of carbonyl (C=O) groups excluding carboxylic acids is 4. The molecule has 0 bridgehead atoms. The number of ether oxygens (including phenoxy) is 1. The molecular formula is C24H29N5O5. The summed E-state index contributed by atoms with van der Waals surface area (Å²) >= 11 is 0. The molecule has 10 heteroatoms. The molecule has 2 heterocycles. The lowest BCUT2D eigenvalue weighted by Crippen LogP contribution is -2.55. The van der Waals surface area contributed by atoms with Crippen LogP contribution in [0.4, 0.5) is 4.79 Å². The molecule has 2 aromatic rings. The second-order valence-corrected chi connectivity index (χ2v) is 8.42. The molecule has 0 spiro atoms. The minimum absolute atomic E-state index is 0.0611. The number of nitrogens with zero attached hydrogens (tertiary/aromatic N) is 2. The number of hydrogen-bond acceptors (Lipinski definition) is 7. The van der Waals surface area contributed by atoms with Gasteiger partial charge in [0, 0.05) is 6.20 Å². The molecule has 10 nitrogen and oxygen atoms in total. The van der Waals surface area contributed by atoms with Gasteiger partial charge in [-0.2, -0.15) is 0 Å². The molecule has 180 valence electrons. The third kappa shape index (κ3) is 6.84. The van der Waals surface area contributed by atoms with Crippen molar-refractivity contribution in [2.45, 2.75) is 58.3 Å². The summed E-state index contributed by atoms with van der Waals surface area (Å²) in [5, 5.41) is 7.77. The van der Waals surface area contributed by atoms with E-state index in [1.54, 1.807) is 20.0 Å². The van der Waals surface area contributed by atoms with Crippen molar-refractivity contribution in [3.05, 3.63) is 59.7 Å². The van der Waals surface area contributed by atoms with Gasteiger partial charge in [-0.1, -0.05) is 44.2 Å². The fourth-order valence-corrected chi connectivity index (χ4v) is 3.61. The minimum Gasteiger partial charge on any atom is -0.445 e. The number of amides is 3. The Labute approximate surface area is 197 Å². The van der Waals surface area contributed by atoms with Crippen molar-refractivity contribution < 1.29 is 23.9 Å². The van der Waals surface area contributed by atoms with Crippen LogP contribution in [0.25, 0.3) is 0 Å². The third-order valence-corrected chi connectivity index (χ3v) is 5.53. The summed E-state index contributed by atoms with van der Waals surface area (Å²) in [5.41, 5.74) is 2.36. The van der Waals surface area contributed by atoms with Gasteiger partial charge in [0.05, 0.1) is 18.3 Å². The second kappa shape index (κ2) is 11.9. The lowest BCUT2D eigenvalue weighted by atomic mass is 9.98. The first-order chi connectivity index (χ1) is 16.3. The van der Waals surface area contributed by atoms with E-state index in [-0.39, 0.29) is 25.5 Å². The van der Waals surface area contributed by atoms with Crippen LogP contribution in [0.1, 0.15) is 43.5 Å². The maximum absolute atomic E-state index is 13.0. The number of carbonyl (C=O) groups is 4. The molecule has 2 unspecified atom stereocenters. The molecule has 0 radical (unpaired) electrons. The summed E-state index contributed by atoms with van der Waals surface area (Å²) in [4.78, 5) is 58.6. The largest absolute Gasteiger partial charge is 0.445 e. The number of aryl methyl sites for hydroxylation is 1. The highest BCUT2D eigenvalue weighted by molar-refractivity contribution is 6.38. The van der Waals surface area contributed by atoms with Crippen LogP contribution in [-0.2, 0) is 38.7 Å². The molecule has 3 amide bonds. The molecule has 3 rings (SSSR count). The zero-order valence-corrected chi connectivity index (χ0v) is 19.2.